The van der Waals surface area contributed by atoms with Gasteiger partial charge in [-0.05, 0) is 25.1 Å². The van der Waals surface area contributed by atoms with Gasteiger partial charge < -0.3 is 5.11 Å². The van der Waals surface area contributed by atoms with Crippen LogP contribution in [0.15, 0.2) is 18.2 Å². The maximum atomic E-state index is 12.0. The van der Waals surface area contributed by atoms with Crippen molar-refractivity contribution in [2.75, 3.05) is 0 Å². The minimum absolute atomic E-state index is 0.248. The van der Waals surface area contributed by atoms with Crippen molar-refractivity contribution in [1.29, 1.82) is 0 Å². The summed E-state index contributed by atoms with van der Waals surface area (Å²) in [7, 11) is 0. The predicted octanol–water partition coefficient (Wildman–Crippen LogP) is 2.11. The third kappa shape index (κ3) is 1.39. The molecule has 84 valence electrons. The van der Waals surface area contributed by atoms with E-state index in [1.54, 1.807) is 6.92 Å². The normalized spacial score (nSPS) is 29.1. The van der Waals surface area contributed by atoms with Crippen LogP contribution in [0, 0.1) is 5.92 Å². The Hall–Kier alpha value is -1.19. The van der Waals surface area contributed by atoms with Gasteiger partial charge in [0.25, 0.3) is 0 Å². The summed E-state index contributed by atoms with van der Waals surface area (Å²) >= 11 is 5.78. The standard InChI is InChI=1S/C12H11ClO3/c1-6-10(14)9-5-7(13)3-4-8(9)11(15)12(6,2)16/h3-6,16H,1-2H3/t6-,12-/m1/s1. The molecule has 0 aliphatic heterocycles. The van der Waals surface area contributed by atoms with Gasteiger partial charge in [-0.25, -0.2) is 0 Å². The summed E-state index contributed by atoms with van der Waals surface area (Å²) in [6.45, 7) is 2.92. The second kappa shape index (κ2) is 3.40. The van der Waals surface area contributed by atoms with E-state index in [1.165, 1.54) is 25.1 Å². The maximum Gasteiger partial charge on any atom is 0.195 e. The largest absolute Gasteiger partial charge is 0.381 e. The lowest BCUT2D eigenvalue weighted by molar-refractivity contribution is 0.0115. The number of hydrogen-bond acceptors (Lipinski definition) is 3. The summed E-state index contributed by atoms with van der Waals surface area (Å²) in [5, 5.41) is 10.4. The Bertz CT molecular complexity index is 491. The molecule has 1 aliphatic carbocycles. The highest BCUT2D eigenvalue weighted by Gasteiger charge is 2.46. The number of ketones is 2. The quantitative estimate of drug-likeness (QED) is 0.753. The molecule has 0 amide bonds. The van der Waals surface area contributed by atoms with E-state index in [0.717, 1.165) is 0 Å². The van der Waals surface area contributed by atoms with Gasteiger partial charge in [0.2, 0.25) is 0 Å². The fourth-order valence-corrected chi connectivity index (χ4v) is 2.05. The number of benzene rings is 1. The van der Waals surface area contributed by atoms with Gasteiger partial charge in [-0.2, -0.15) is 0 Å². The van der Waals surface area contributed by atoms with Crippen LogP contribution in [0.5, 0.6) is 0 Å². The zero-order chi connectivity index (χ0) is 12.1. The third-order valence-electron chi connectivity index (χ3n) is 3.19. The SMILES string of the molecule is C[C@@H]1C(=O)c2cc(Cl)ccc2C(=O)[C@]1(C)O. The topological polar surface area (TPSA) is 54.4 Å². The van der Waals surface area contributed by atoms with Crippen molar-refractivity contribution in [2.24, 2.45) is 5.92 Å². The number of fused-ring (bicyclic) bond motifs is 1. The van der Waals surface area contributed by atoms with Crippen molar-refractivity contribution in [3.63, 3.8) is 0 Å². The van der Waals surface area contributed by atoms with E-state index < -0.39 is 17.3 Å². The van der Waals surface area contributed by atoms with Crippen molar-refractivity contribution in [1.82, 2.24) is 0 Å². The van der Waals surface area contributed by atoms with Crippen molar-refractivity contribution in [3.8, 4) is 0 Å². The molecule has 1 aromatic rings. The minimum Gasteiger partial charge on any atom is -0.381 e. The Morgan fingerprint density at radius 2 is 1.94 bits per heavy atom. The molecule has 2 atom stereocenters. The fourth-order valence-electron chi connectivity index (χ4n) is 1.88. The summed E-state index contributed by atoms with van der Waals surface area (Å²) in [5.74, 6) is -1.42. The average Bonchev–Trinajstić information content (AvgIpc) is 2.24. The summed E-state index contributed by atoms with van der Waals surface area (Å²) in [4.78, 5) is 23.9. The van der Waals surface area contributed by atoms with Crippen LogP contribution < -0.4 is 0 Å². The van der Waals surface area contributed by atoms with Gasteiger partial charge in [-0.3, -0.25) is 9.59 Å². The molecule has 4 heteroatoms. The second-order valence-corrected chi connectivity index (χ2v) is 4.69. The van der Waals surface area contributed by atoms with Crippen molar-refractivity contribution in [2.45, 2.75) is 19.4 Å². The zero-order valence-corrected chi connectivity index (χ0v) is 9.71. The molecule has 0 aromatic heterocycles. The van der Waals surface area contributed by atoms with Gasteiger partial charge in [-0.1, -0.05) is 18.5 Å². The van der Waals surface area contributed by atoms with Crippen LogP contribution in [0.25, 0.3) is 0 Å². The van der Waals surface area contributed by atoms with Crippen LogP contribution in [0.4, 0.5) is 0 Å². The Balaban J connectivity index is 2.69. The van der Waals surface area contributed by atoms with Crippen LogP contribution >= 0.6 is 11.6 Å². The van der Waals surface area contributed by atoms with E-state index in [-0.39, 0.29) is 11.3 Å². The van der Waals surface area contributed by atoms with Gasteiger partial charge in [0.05, 0.1) is 5.92 Å². The Morgan fingerprint density at radius 3 is 2.56 bits per heavy atom. The van der Waals surface area contributed by atoms with Gasteiger partial charge in [0.15, 0.2) is 11.6 Å². The lowest BCUT2D eigenvalue weighted by atomic mass is 9.73. The molecule has 1 aromatic carbocycles. The van der Waals surface area contributed by atoms with E-state index in [0.29, 0.717) is 10.6 Å². The zero-order valence-electron chi connectivity index (χ0n) is 8.95. The number of rotatable bonds is 0. The molecule has 0 unspecified atom stereocenters. The molecule has 1 aliphatic rings. The number of halogens is 1. The van der Waals surface area contributed by atoms with Crippen LogP contribution in [0.2, 0.25) is 5.02 Å². The van der Waals surface area contributed by atoms with Crippen molar-refractivity contribution >= 4 is 23.2 Å². The Kier molecular flexibility index (Phi) is 2.40. The van der Waals surface area contributed by atoms with E-state index in [4.69, 9.17) is 11.6 Å². The molecular formula is C12H11ClO3. The highest BCUT2D eigenvalue weighted by Crippen LogP contribution is 2.34. The summed E-state index contributed by atoms with van der Waals surface area (Å²) < 4.78 is 0. The van der Waals surface area contributed by atoms with E-state index in [9.17, 15) is 14.7 Å². The molecule has 16 heavy (non-hydrogen) atoms. The molecule has 3 nitrogen and oxygen atoms in total. The number of hydrogen-bond donors (Lipinski definition) is 1. The molecule has 0 spiro atoms. The Labute approximate surface area is 98.0 Å². The molecule has 0 radical (unpaired) electrons. The molecule has 0 bridgehead atoms. The van der Waals surface area contributed by atoms with Crippen LogP contribution in [-0.2, 0) is 0 Å². The molecular weight excluding hydrogens is 228 g/mol. The number of carbonyl (C=O) groups excluding carboxylic acids is 2. The first-order chi connectivity index (χ1) is 7.35. The summed E-state index contributed by atoms with van der Waals surface area (Å²) in [6, 6.07) is 4.50. The highest BCUT2D eigenvalue weighted by atomic mass is 35.5. The first kappa shape index (κ1) is 11.3. The lowest BCUT2D eigenvalue weighted by Gasteiger charge is -2.33. The van der Waals surface area contributed by atoms with E-state index in [1.807, 2.05) is 0 Å². The van der Waals surface area contributed by atoms with Crippen molar-refractivity contribution in [3.05, 3.63) is 34.3 Å². The highest BCUT2D eigenvalue weighted by molar-refractivity contribution is 6.31. The van der Waals surface area contributed by atoms with Crippen LogP contribution in [0.1, 0.15) is 34.6 Å². The molecule has 1 N–H and O–H groups in total. The first-order valence-corrected chi connectivity index (χ1v) is 5.34. The second-order valence-electron chi connectivity index (χ2n) is 4.25. The van der Waals surface area contributed by atoms with Crippen molar-refractivity contribution < 1.29 is 14.7 Å². The van der Waals surface area contributed by atoms with Crippen LogP contribution in [0.3, 0.4) is 0 Å². The summed E-state index contributed by atoms with van der Waals surface area (Å²) in [5.41, 5.74) is -1.08. The third-order valence-corrected chi connectivity index (χ3v) is 3.42. The average molecular weight is 239 g/mol. The molecule has 0 saturated carbocycles. The monoisotopic (exact) mass is 238 g/mol. The van der Waals surface area contributed by atoms with Crippen LogP contribution in [-0.4, -0.2) is 22.3 Å². The minimum atomic E-state index is -1.63. The fraction of sp³-hybridized carbons (Fsp3) is 0.333. The number of carbonyl (C=O) groups is 2. The van der Waals surface area contributed by atoms with Gasteiger partial charge in [0.1, 0.15) is 5.60 Å². The first-order valence-electron chi connectivity index (χ1n) is 4.96. The maximum absolute atomic E-state index is 12.0. The molecule has 0 fully saturated rings. The van der Waals surface area contributed by atoms with Gasteiger partial charge in [0, 0.05) is 16.1 Å². The Morgan fingerprint density at radius 1 is 1.31 bits per heavy atom. The van der Waals surface area contributed by atoms with E-state index >= 15 is 0 Å². The predicted molar refractivity (Wildman–Crippen MR) is 59.9 cm³/mol. The molecule has 2 rings (SSSR count). The van der Waals surface area contributed by atoms with Gasteiger partial charge in [-0.15, -0.1) is 0 Å². The van der Waals surface area contributed by atoms with Gasteiger partial charge >= 0.3 is 0 Å². The molecule has 0 heterocycles. The smallest absolute Gasteiger partial charge is 0.195 e. The number of aliphatic hydroxyl groups is 1. The molecule has 0 saturated heterocycles. The lowest BCUT2D eigenvalue weighted by Crippen LogP contribution is -2.49. The number of Topliss-reactive ketones (excluding diaryl/α,β-unsaturated/α-hetero) is 2. The van der Waals surface area contributed by atoms with E-state index in [2.05, 4.69) is 0 Å². The summed E-state index contributed by atoms with van der Waals surface area (Å²) in [6.07, 6.45) is 0.